The van der Waals surface area contributed by atoms with Crippen molar-refractivity contribution in [3.63, 3.8) is 0 Å². The lowest BCUT2D eigenvalue weighted by Crippen LogP contribution is -2.06. The van der Waals surface area contributed by atoms with Crippen molar-refractivity contribution >= 4 is 23.0 Å². The van der Waals surface area contributed by atoms with E-state index < -0.39 is 0 Å². The number of nitrogen functional groups attached to an aromatic ring is 1. The topological polar surface area (TPSA) is 43.3 Å². The van der Waals surface area contributed by atoms with Crippen molar-refractivity contribution in [2.24, 2.45) is 5.92 Å². The SMILES string of the molecule is Nc1ccn2c(CC3CCSC3)ncc2c1. The van der Waals surface area contributed by atoms with Gasteiger partial charge in [-0.1, -0.05) is 0 Å². The quantitative estimate of drug-likeness (QED) is 0.865. The van der Waals surface area contributed by atoms with Crippen molar-refractivity contribution < 1.29 is 0 Å². The Morgan fingerprint density at radius 2 is 2.50 bits per heavy atom. The summed E-state index contributed by atoms with van der Waals surface area (Å²) in [6.45, 7) is 0. The van der Waals surface area contributed by atoms with Gasteiger partial charge in [-0.2, -0.15) is 11.8 Å². The summed E-state index contributed by atoms with van der Waals surface area (Å²) in [5.41, 5.74) is 7.65. The number of imidazole rings is 1. The van der Waals surface area contributed by atoms with Gasteiger partial charge < -0.3 is 10.1 Å². The van der Waals surface area contributed by atoms with Crippen LogP contribution in [0, 0.1) is 5.92 Å². The Morgan fingerprint density at radius 3 is 3.31 bits per heavy atom. The fourth-order valence-corrected chi connectivity index (χ4v) is 3.51. The predicted octanol–water partition coefficient (Wildman–Crippen LogP) is 2.21. The van der Waals surface area contributed by atoms with E-state index in [1.807, 2.05) is 24.5 Å². The molecule has 1 saturated heterocycles. The number of pyridine rings is 1. The minimum absolute atomic E-state index is 0.799. The van der Waals surface area contributed by atoms with Gasteiger partial charge in [0.15, 0.2) is 0 Å². The van der Waals surface area contributed by atoms with Crippen LogP contribution in [0.5, 0.6) is 0 Å². The monoisotopic (exact) mass is 233 g/mol. The van der Waals surface area contributed by atoms with Crippen LogP contribution in [0.3, 0.4) is 0 Å². The second-order valence-electron chi connectivity index (χ2n) is 4.36. The van der Waals surface area contributed by atoms with Crippen LogP contribution < -0.4 is 5.73 Å². The largest absolute Gasteiger partial charge is 0.399 e. The maximum absolute atomic E-state index is 5.75. The van der Waals surface area contributed by atoms with Gasteiger partial charge in [0.1, 0.15) is 5.82 Å². The summed E-state index contributed by atoms with van der Waals surface area (Å²) in [5.74, 6) is 4.56. The first-order valence-electron chi connectivity index (χ1n) is 5.62. The normalized spacial score (nSPS) is 20.6. The Labute approximate surface area is 99.1 Å². The fraction of sp³-hybridized carbons (Fsp3) is 0.417. The zero-order valence-electron chi connectivity index (χ0n) is 9.10. The van der Waals surface area contributed by atoms with Crippen LogP contribution in [0.15, 0.2) is 24.5 Å². The molecule has 1 unspecified atom stereocenters. The summed E-state index contributed by atoms with van der Waals surface area (Å²) in [6.07, 6.45) is 6.35. The third kappa shape index (κ3) is 1.78. The van der Waals surface area contributed by atoms with Gasteiger partial charge in [0.25, 0.3) is 0 Å². The molecule has 0 amide bonds. The highest BCUT2D eigenvalue weighted by atomic mass is 32.2. The van der Waals surface area contributed by atoms with E-state index in [0.717, 1.165) is 23.5 Å². The Bertz CT molecular complexity index is 500. The van der Waals surface area contributed by atoms with E-state index in [1.54, 1.807) is 0 Å². The lowest BCUT2D eigenvalue weighted by molar-refractivity contribution is 0.574. The minimum atomic E-state index is 0.799. The maximum atomic E-state index is 5.75. The van der Waals surface area contributed by atoms with Crippen molar-refractivity contribution in [2.75, 3.05) is 17.2 Å². The van der Waals surface area contributed by atoms with Gasteiger partial charge >= 0.3 is 0 Å². The molecule has 4 heteroatoms. The maximum Gasteiger partial charge on any atom is 0.113 e. The summed E-state index contributed by atoms with van der Waals surface area (Å²) in [7, 11) is 0. The molecule has 84 valence electrons. The van der Waals surface area contributed by atoms with E-state index in [4.69, 9.17) is 5.73 Å². The molecule has 16 heavy (non-hydrogen) atoms. The first-order chi connectivity index (χ1) is 7.83. The van der Waals surface area contributed by atoms with Crippen LogP contribution in [-0.2, 0) is 6.42 Å². The number of nitrogens with zero attached hydrogens (tertiary/aromatic N) is 2. The number of fused-ring (bicyclic) bond motifs is 1. The molecule has 2 aromatic heterocycles. The molecule has 0 spiro atoms. The first kappa shape index (κ1) is 10.0. The average Bonchev–Trinajstić information content (AvgIpc) is 2.89. The van der Waals surface area contributed by atoms with Crippen LogP contribution in [-0.4, -0.2) is 20.9 Å². The van der Waals surface area contributed by atoms with Gasteiger partial charge in [-0.25, -0.2) is 4.98 Å². The highest BCUT2D eigenvalue weighted by molar-refractivity contribution is 7.99. The van der Waals surface area contributed by atoms with E-state index in [0.29, 0.717) is 0 Å². The van der Waals surface area contributed by atoms with E-state index in [-0.39, 0.29) is 0 Å². The van der Waals surface area contributed by atoms with Crippen LogP contribution in [0.4, 0.5) is 5.69 Å². The van der Waals surface area contributed by atoms with Gasteiger partial charge in [0.2, 0.25) is 0 Å². The molecule has 0 aromatic carbocycles. The van der Waals surface area contributed by atoms with Gasteiger partial charge in [0.05, 0.1) is 11.7 Å². The van der Waals surface area contributed by atoms with Gasteiger partial charge in [0, 0.05) is 18.3 Å². The van der Waals surface area contributed by atoms with E-state index in [9.17, 15) is 0 Å². The van der Waals surface area contributed by atoms with Crippen LogP contribution in [0.2, 0.25) is 0 Å². The van der Waals surface area contributed by atoms with Crippen LogP contribution in [0.1, 0.15) is 12.2 Å². The number of anilines is 1. The number of hydrogen-bond donors (Lipinski definition) is 1. The molecule has 1 aliphatic rings. The minimum Gasteiger partial charge on any atom is -0.399 e. The fourth-order valence-electron chi connectivity index (χ4n) is 2.23. The molecule has 0 saturated carbocycles. The molecule has 3 heterocycles. The first-order valence-corrected chi connectivity index (χ1v) is 6.77. The second kappa shape index (κ2) is 4.01. The lowest BCUT2D eigenvalue weighted by Gasteiger charge is -2.07. The highest BCUT2D eigenvalue weighted by Gasteiger charge is 2.18. The molecule has 1 aliphatic heterocycles. The summed E-state index contributed by atoms with van der Waals surface area (Å²) < 4.78 is 2.15. The molecule has 3 rings (SSSR count). The number of aromatic nitrogens is 2. The molecular weight excluding hydrogens is 218 g/mol. The molecule has 3 nitrogen and oxygen atoms in total. The summed E-state index contributed by atoms with van der Waals surface area (Å²) in [6, 6.07) is 3.90. The predicted molar refractivity (Wildman–Crippen MR) is 68.7 cm³/mol. The van der Waals surface area contributed by atoms with E-state index in [1.165, 1.54) is 23.8 Å². The lowest BCUT2D eigenvalue weighted by atomic mass is 10.1. The number of rotatable bonds is 2. The van der Waals surface area contributed by atoms with Crippen LogP contribution in [0.25, 0.3) is 5.52 Å². The summed E-state index contributed by atoms with van der Waals surface area (Å²) in [5, 5.41) is 0. The second-order valence-corrected chi connectivity index (χ2v) is 5.51. The van der Waals surface area contributed by atoms with Gasteiger partial charge in [-0.05, 0) is 36.0 Å². The Hall–Kier alpha value is -1.16. The Morgan fingerprint density at radius 1 is 1.56 bits per heavy atom. The molecule has 2 aromatic rings. The number of hydrogen-bond acceptors (Lipinski definition) is 3. The van der Waals surface area contributed by atoms with E-state index >= 15 is 0 Å². The molecule has 0 aliphatic carbocycles. The smallest absolute Gasteiger partial charge is 0.113 e. The van der Waals surface area contributed by atoms with Crippen molar-refractivity contribution in [3.05, 3.63) is 30.4 Å². The average molecular weight is 233 g/mol. The van der Waals surface area contributed by atoms with Crippen molar-refractivity contribution in [1.82, 2.24) is 9.38 Å². The molecule has 1 fully saturated rings. The van der Waals surface area contributed by atoms with Crippen molar-refractivity contribution in [3.8, 4) is 0 Å². The zero-order chi connectivity index (χ0) is 11.0. The standard InChI is InChI=1S/C12H15N3S/c13-10-1-3-15-11(6-10)7-14-12(15)5-9-2-4-16-8-9/h1,3,6-7,9H,2,4-5,8,13H2. The number of thioether (sulfide) groups is 1. The number of nitrogens with two attached hydrogens (primary N) is 1. The van der Waals surface area contributed by atoms with Crippen molar-refractivity contribution in [1.29, 1.82) is 0 Å². The molecule has 1 atom stereocenters. The molecule has 0 radical (unpaired) electrons. The highest BCUT2D eigenvalue weighted by Crippen LogP contribution is 2.26. The van der Waals surface area contributed by atoms with Gasteiger partial charge in [-0.3, -0.25) is 0 Å². The third-order valence-electron chi connectivity index (χ3n) is 3.13. The van der Waals surface area contributed by atoms with Gasteiger partial charge in [-0.15, -0.1) is 0 Å². The molecule has 0 bridgehead atoms. The Balaban J connectivity index is 1.91. The summed E-state index contributed by atoms with van der Waals surface area (Å²) in [4.78, 5) is 4.50. The molecule has 2 N–H and O–H groups in total. The zero-order valence-corrected chi connectivity index (χ0v) is 9.91. The van der Waals surface area contributed by atoms with Crippen molar-refractivity contribution in [2.45, 2.75) is 12.8 Å². The van der Waals surface area contributed by atoms with E-state index in [2.05, 4.69) is 21.1 Å². The third-order valence-corrected chi connectivity index (χ3v) is 4.36. The Kier molecular flexibility index (Phi) is 2.52. The molecular formula is C12H15N3S. The van der Waals surface area contributed by atoms with Crippen LogP contribution >= 0.6 is 11.8 Å². The summed E-state index contributed by atoms with van der Waals surface area (Å²) >= 11 is 2.05.